The summed E-state index contributed by atoms with van der Waals surface area (Å²) in [6, 6.07) is 20.2. The van der Waals surface area contributed by atoms with Gasteiger partial charge in [0.15, 0.2) is 5.13 Å². The Balaban J connectivity index is 1.17. The molecule has 0 saturated carbocycles. The molecule has 1 aliphatic rings. The zero-order chi connectivity index (χ0) is 21.9. The fourth-order valence-electron chi connectivity index (χ4n) is 3.77. The first-order valence-electron chi connectivity index (χ1n) is 10.6. The minimum Gasteiger partial charge on any atom is -0.368 e. The number of nitrogens with zero attached hydrogens (tertiary/aromatic N) is 4. The van der Waals surface area contributed by atoms with Gasteiger partial charge in [-0.05, 0) is 55.0 Å². The third-order valence-corrected chi connectivity index (χ3v) is 6.53. The Hall–Kier alpha value is -3.65. The van der Waals surface area contributed by atoms with Gasteiger partial charge < -0.3 is 15.1 Å². The maximum absolute atomic E-state index is 12.6. The minimum atomic E-state index is -0.0955. The van der Waals surface area contributed by atoms with Gasteiger partial charge in [-0.2, -0.15) is 0 Å². The molecule has 5 rings (SSSR count). The number of hydrogen-bond donors (Lipinski definition) is 2. The van der Waals surface area contributed by atoms with Crippen LogP contribution in [0.3, 0.4) is 0 Å². The molecule has 2 aromatic heterocycles. The van der Waals surface area contributed by atoms with Gasteiger partial charge >= 0.3 is 6.03 Å². The molecule has 2 aromatic carbocycles. The molecule has 2 amide bonds. The van der Waals surface area contributed by atoms with Crippen molar-refractivity contribution in [3.8, 4) is 0 Å². The number of para-hydroxylation sites is 1. The molecule has 1 aliphatic heterocycles. The third kappa shape index (κ3) is 4.36. The van der Waals surface area contributed by atoms with Crippen molar-refractivity contribution in [2.45, 2.75) is 6.92 Å². The summed E-state index contributed by atoms with van der Waals surface area (Å²) in [5.74, 6) is 0.621. The lowest BCUT2D eigenvalue weighted by molar-refractivity contribution is 0.208. The second-order valence-electron chi connectivity index (χ2n) is 7.73. The average Bonchev–Trinajstić information content (AvgIpc) is 3.23. The van der Waals surface area contributed by atoms with Crippen LogP contribution >= 0.6 is 11.3 Å². The van der Waals surface area contributed by atoms with Crippen molar-refractivity contribution in [2.24, 2.45) is 0 Å². The van der Waals surface area contributed by atoms with Crippen molar-refractivity contribution in [3.63, 3.8) is 0 Å². The van der Waals surface area contributed by atoms with Gasteiger partial charge in [-0.25, -0.2) is 14.8 Å². The van der Waals surface area contributed by atoms with E-state index in [1.165, 1.54) is 4.70 Å². The van der Waals surface area contributed by atoms with Crippen LogP contribution in [-0.2, 0) is 0 Å². The number of anilines is 4. The van der Waals surface area contributed by atoms with Gasteiger partial charge in [0.1, 0.15) is 5.82 Å². The van der Waals surface area contributed by atoms with Crippen LogP contribution in [0.2, 0.25) is 0 Å². The van der Waals surface area contributed by atoms with Crippen molar-refractivity contribution in [3.05, 3.63) is 72.4 Å². The van der Waals surface area contributed by atoms with Crippen LogP contribution in [0.4, 0.5) is 27.1 Å². The molecule has 0 atom stereocenters. The van der Waals surface area contributed by atoms with E-state index >= 15 is 0 Å². The van der Waals surface area contributed by atoms with Crippen LogP contribution in [0.5, 0.6) is 0 Å². The van der Waals surface area contributed by atoms with E-state index in [1.54, 1.807) is 17.5 Å². The smallest absolute Gasteiger partial charge is 0.323 e. The number of urea groups is 1. The van der Waals surface area contributed by atoms with E-state index in [0.717, 1.165) is 40.7 Å². The van der Waals surface area contributed by atoms with Crippen LogP contribution in [0.1, 0.15) is 5.56 Å². The highest BCUT2D eigenvalue weighted by Gasteiger charge is 2.22. The highest BCUT2D eigenvalue weighted by Crippen LogP contribution is 2.29. The van der Waals surface area contributed by atoms with E-state index in [1.807, 2.05) is 42.2 Å². The second-order valence-corrected chi connectivity index (χ2v) is 8.76. The van der Waals surface area contributed by atoms with E-state index < -0.39 is 0 Å². The number of carbonyl (C=O) groups is 1. The van der Waals surface area contributed by atoms with Gasteiger partial charge in [0, 0.05) is 43.8 Å². The molecule has 2 N–H and O–H groups in total. The lowest BCUT2D eigenvalue weighted by Gasteiger charge is -2.36. The van der Waals surface area contributed by atoms with E-state index in [2.05, 4.69) is 55.8 Å². The van der Waals surface area contributed by atoms with E-state index in [0.29, 0.717) is 18.9 Å². The number of thiazole rings is 1. The summed E-state index contributed by atoms with van der Waals surface area (Å²) in [5, 5.41) is 7.20. The fourth-order valence-corrected chi connectivity index (χ4v) is 4.66. The molecule has 0 aliphatic carbocycles. The first-order chi connectivity index (χ1) is 15.7. The Morgan fingerprint density at radius 2 is 1.75 bits per heavy atom. The number of aromatic nitrogens is 2. The molecule has 0 unspecified atom stereocenters. The normalized spacial score (nSPS) is 13.9. The van der Waals surface area contributed by atoms with Crippen molar-refractivity contribution in [2.75, 3.05) is 41.7 Å². The summed E-state index contributed by atoms with van der Waals surface area (Å²) in [6.07, 6.45) is 1.69. The number of nitrogens with one attached hydrogen (secondary N) is 2. The van der Waals surface area contributed by atoms with Crippen LogP contribution in [0.25, 0.3) is 10.2 Å². The first-order valence-corrected chi connectivity index (χ1v) is 11.4. The largest absolute Gasteiger partial charge is 0.368 e. The zero-order valence-electron chi connectivity index (χ0n) is 17.8. The summed E-state index contributed by atoms with van der Waals surface area (Å²) < 4.78 is 1.17. The van der Waals surface area contributed by atoms with Crippen molar-refractivity contribution >= 4 is 49.9 Å². The number of fused-ring (bicyclic) bond motifs is 1. The monoisotopic (exact) mass is 444 g/mol. The van der Waals surface area contributed by atoms with Gasteiger partial charge in [0.2, 0.25) is 0 Å². The standard InChI is InChI=1S/C24H24N6OS/c1-17-5-4-12-25-22(17)28-24(31)30-15-13-29(14-16-30)19-10-8-18(9-11-19)26-23-27-20-6-2-3-7-21(20)32-23/h2-12H,13-16H2,1H3,(H,26,27)(H,25,28,31). The average molecular weight is 445 g/mol. The van der Waals surface area contributed by atoms with Crippen molar-refractivity contribution in [1.29, 1.82) is 0 Å². The van der Waals surface area contributed by atoms with E-state index in [4.69, 9.17) is 0 Å². The molecule has 7 nitrogen and oxygen atoms in total. The first kappa shape index (κ1) is 20.3. The second kappa shape index (κ2) is 8.84. The van der Waals surface area contributed by atoms with Gasteiger partial charge in [0.25, 0.3) is 0 Å². The van der Waals surface area contributed by atoms with E-state index in [9.17, 15) is 4.79 Å². The summed E-state index contributed by atoms with van der Waals surface area (Å²) >= 11 is 1.65. The Labute approximate surface area is 190 Å². The zero-order valence-corrected chi connectivity index (χ0v) is 18.6. The molecule has 1 saturated heterocycles. The molecule has 0 spiro atoms. The molecule has 0 bridgehead atoms. The number of hydrogen-bond acceptors (Lipinski definition) is 6. The summed E-state index contributed by atoms with van der Waals surface area (Å²) in [5.41, 5.74) is 4.13. The minimum absolute atomic E-state index is 0.0955. The van der Waals surface area contributed by atoms with E-state index in [-0.39, 0.29) is 6.03 Å². The molecular weight excluding hydrogens is 420 g/mol. The predicted octanol–water partition coefficient (Wildman–Crippen LogP) is 5.10. The quantitative estimate of drug-likeness (QED) is 0.458. The lowest BCUT2D eigenvalue weighted by atomic mass is 10.2. The molecule has 32 heavy (non-hydrogen) atoms. The van der Waals surface area contributed by atoms with Crippen molar-refractivity contribution in [1.82, 2.24) is 14.9 Å². The molecule has 4 aromatic rings. The maximum atomic E-state index is 12.6. The van der Waals surface area contributed by atoms with Crippen LogP contribution < -0.4 is 15.5 Å². The molecule has 3 heterocycles. The van der Waals surface area contributed by atoms with Gasteiger partial charge in [-0.3, -0.25) is 5.32 Å². The van der Waals surface area contributed by atoms with Gasteiger partial charge in [0.05, 0.1) is 10.2 Å². The highest BCUT2D eigenvalue weighted by atomic mass is 32.1. The lowest BCUT2D eigenvalue weighted by Crippen LogP contribution is -2.50. The maximum Gasteiger partial charge on any atom is 0.323 e. The summed E-state index contributed by atoms with van der Waals surface area (Å²) in [4.78, 5) is 25.6. The number of amides is 2. The van der Waals surface area contributed by atoms with Crippen LogP contribution in [-0.4, -0.2) is 47.1 Å². The Morgan fingerprint density at radius 3 is 2.50 bits per heavy atom. The molecular formula is C24H24N6OS. The number of rotatable bonds is 4. The van der Waals surface area contributed by atoms with Crippen LogP contribution in [0.15, 0.2) is 66.9 Å². The van der Waals surface area contributed by atoms with Gasteiger partial charge in [-0.15, -0.1) is 0 Å². The van der Waals surface area contributed by atoms with Crippen LogP contribution in [0, 0.1) is 6.92 Å². The predicted molar refractivity (Wildman–Crippen MR) is 131 cm³/mol. The van der Waals surface area contributed by atoms with Gasteiger partial charge in [-0.1, -0.05) is 29.5 Å². The van der Waals surface area contributed by atoms with Crippen molar-refractivity contribution < 1.29 is 4.79 Å². The molecule has 162 valence electrons. The Bertz CT molecular complexity index is 1200. The molecule has 8 heteroatoms. The topological polar surface area (TPSA) is 73.4 Å². The highest BCUT2D eigenvalue weighted by molar-refractivity contribution is 7.22. The Morgan fingerprint density at radius 1 is 0.969 bits per heavy atom. The summed E-state index contributed by atoms with van der Waals surface area (Å²) in [7, 11) is 0. The fraction of sp³-hybridized carbons (Fsp3) is 0.208. The SMILES string of the molecule is Cc1cccnc1NC(=O)N1CCN(c2ccc(Nc3nc4ccccc4s3)cc2)CC1. The third-order valence-electron chi connectivity index (χ3n) is 5.58. The number of pyridine rings is 1. The Kier molecular flexibility index (Phi) is 5.60. The molecule has 0 radical (unpaired) electrons. The number of piperazine rings is 1. The number of carbonyl (C=O) groups excluding carboxylic acids is 1. The number of benzene rings is 2. The summed E-state index contributed by atoms with van der Waals surface area (Å²) in [6.45, 7) is 4.86. The molecule has 1 fully saturated rings. The number of aryl methyl sites for hydroxylation is 1.